The van der Waals surface area contributed by atoms with Gasteiger partial charge >= 0.3 is 0 Å². The van der Waals surface area contributed by atoms with Crippen LogP contribution in [0.2, 0.25) is 0 Å². The topological polar surface area (TPSA) is 75.3 Å². The zero-order valence-corrected chi connectivity index (χ0v) is 13.3. The number of hydrogen-bond acceptors (Lipinski definition) is 4. The molecule has 1 unspecified atom stereocenters. The number of hydrogen-bond donors (Lipinski definition) is 2. The molecule has 8 heteroatoms. The van der Waals surface area contributed by atoms with Crippen molar-refractivity contribution in [1.82, 2.24) is 10.0 Å². The van der Waals surface area contributed by atoms with E-state index in [0.717, 1.165) is 17.8 Å². The molecular formula is C10H15BrN2O3S2. The summed E-state index contributed by atoms with van der Waals surface area (Å²) in [6.45, 7) is 3.98. The van der Waals surface area contributed by atoms with Crippen LogP contribution in [0.5, 0.6) is 0 Å². The molecule has 1 aromatic heterocycles. The Morgan fingerprint density at radius 3 is 2.72 bits per heavy atom. The highest BCUT2D eigenvalue weighted by atomic mass is 79.9. The molecule has 1 aromatic rings. The van der Waals surface area contributed by atoms with Crippen molar-refractivity contribution in [2.45, 2.75) is 30.5 Å². The number of carbonyl (C=O) groups excluding carboxylic acids is 1. The smallest absolute Gasteiger partial charge is 0.251 e. The lowest BCUT2D eigenvalue weighted by molar-refractivity contribution is -0.122. The van der Waals surface area contributed by atoms with Gasteiger partial charge in [0.2, 0.25) is 5.91 Å². The van der Waals surface area contributed by atoms with E-state index in [4.69, 9.17) is 0 Å². The van der Waals surface area contributed by atoms with Gasteiger partial charge in [-0.05, 0) is 40.7 Å². The van der Waals surface area contributed by atoms with E-state index < -0.39 is 16.1 Å². The van der Waals surface area contributed by atoms with Crippen LogP contribution in [0.15, 0.2) is 20.1 Å². The fraction of sp³-hybridized carbons (Fsp3) is 0.500. The van der Waals surface area contributed by atoms with Gasteiger partial charge in [-0.2, -0.15) is 4.72 Å². The molecule has 1 atom stereocenters. The second-order valence-corrected chi connectivity index (χ2v) is 7.37. The summed E-state index contributed by atoms with van der Waals surface area (Å²) < 4.78 is 27.0. The molecule has 0 aliphatic heterocycles. The lowest BCUT2D eigenvalue weighted by Gasteiger charge is -2.13. The summed E-state index contributed by atoms with van der Waals surface area (Å²) in [6, 6.07) is 0.858. The van der Waals surface area contributed by atoms with Gasteiger partial charge in [0, 0.05) is 11.0 Å². The average Bonchev–Trinajstić information content (AvgIpc) is 2.72. The molecule has 1 rings (SSSR count). The van der Waals surface area contributed by atoms with Crippen molar-refractivity contribution in [2.75, 3.05) is 6.54 Å². The number of amides is 1. The Hall–Kier alpha value is -0.440. The molecule has 5 nitrogen and oxygen atoms in total. The van der Waals surface area contributed by atoms with Crippen LogP contribution in [0.3, 0.4) is 0 Å². The first-order valence-electron chi connectivity index (χ1n) is 5.41. The van der Waals surface area contributed by atoms with Crippen molar-refractivity contribution < 1.29 is 13.2 Å². The van der Waals surface area contributed by atoms with Crippen molar-refractivity contribution in [3.05, 3.63) is 15.9 Å². The molecule has 0 bridgehead atoms. The molecule has 0 saturated heterocycles. The van der Waals surface area contributed by atoms with Crippen LogP contribution in [-0.2, 0) is 14.8 Å². The zero-order valence-electron chi connectivity index (χ0n) is 10.1. The molecule has 0 radical (unpaired) electrons. The molecule has 1 amide bonds. The van der Waals surface area contributed by atoms with Gasteiger partial charge in [0.1, 0.15) is 4.21 Å². The molecule has 0 spiro atoms. The quantitative estimate of drug-likeness (QED) is 0.816. The highest BCUT2D eigenvalue weighted by Crippen LogP contribution is 2.27. The molecule has 0 saturated carbocycles. The Balaban J connectivity index is 2.72. The van der Waals surface area contributed by atoms with Crippen LogP contribution in [0.4, 0.5) is 0 Å². The van der Waals surface area contributed by atoms with Crippen LogP contribution in [-0.4, -0.2) is 26.9 Å². The Morgan fingerprint density at radius 1 is 1.56 bits per heavy atom. The minimum Gasteiger partial charge on any atom is -0.355 e. The molecule has 0 aromatic carbocycles. The van der Waals surface area contributed by atoms with Crippen LogP contribution in [0.25, 0.3) is 0 Å². The monoisotopic (exact) mass is 354 g/mol. The van der Waals surface area contributed by atoms with E-state index in [1.54, 1.807) is 11.4 Å². The number of halogens is 1. The van der Waals surface area contributed by atoms with E-state index in [1.165, 1.54) is 6.92 Å². The van der Waals surface area contributed by atoms with Crippen molar-refractivity contribution in [3.8, 4) is 0 Å². The summed E-state index contributed by atoms with van der Waals surface area (Å²) in [6.07, 6.45) is 0.807. The maximum Gasteiger partial charge on any atom is 0.251 e. The number of thiophene rings is 1. The highest BCUT2D eigenvalue weighted by Gasteiger charge is 2.24. The number of sulfonamides is 1. The lowest BCUT2D eigenvalue weighted by atomic mass is 10.3. The van der Waals surface area contributed by atoms with Gasteiger partial charge in [-0.3, -0.25) is 4.79 Å². The molecular weight excluding hydrogens is 340 g/mol. The van der Waals surface area contributed by atoms with E-state index in [1.807, 2.05) is 6.92 Å². The molecule has 0 aliphatic carbocycles. The molecule has 0 aliphatic rings. The summed E-state index contributed by atoms with van der Waals surface area (Å²) in [5.41, 5.74) is 0. The van der Waals surface area contributed by atoms with Crippen LogP contribution >= 0.6 is 27.3 Å². The Bertz CT molecular complexity index is 513. The van der Waals surface area contributed by atoms with Crippen molar-refractivity contribution in [2.24, 2.45) is 0 Å². The van der Waals surface area contributed by atoms with Crippen molar-refractivity contribution in [3.63, 3.8) is 0 Å². The third-order valence-corrected chi connectivity index (χ3v) is 6.31. The summed E-state index contributed by atoms with van der Waals surface area (Å²) >= 11 is 4.26. The largest absolute Gasteiger partial charge is 0.355 e. The molecule has 2 N–H and O–H groups in total. The SMILES string of the molecule is CCCNC(=O)C(C)NS(=O)(=O)c1sccc1Br. The van der Waals surface area contributed by atoms with Gasteiger partial charge in [0.15, 0.2) is 0 Å². The fourth-order valence-electron chi connectivity index (χ4n) is 1.21. The summed E-state index contributed by atoms with van der Waals surface area (Å²) in [5.74, 6) is -0.326. The van der Waals surface area contributed by atoms with Crippen LogP contribution in [0, 0.1) is 0 Å². The number of nitrogens with one attached hydrogen (secondary N) is 2. The van der Waals surface area contributed by atoms with Crippen LogP contribution in [0.1, 0.15) is 20.3 Å². The zero-order chi connectivity index (χ0) is 13.8. The number of carbonyl (C=O) groups is 1. The fourth-order valence-corrected chi connectivity index (χ4v) is 4.77. The molecule has 0 fully saturated rings. The minimum absolute atomic E-state index is 0.178. The van der Waals surface area contributed by atoms with Crippen molar-refractivity contribution >= 4 is 43.2 Å². The van der Waals surface area contributed by atoms with E-state index in [9.17, 15) is 13.2 Å². The number of rotatable bonds is 6. The lowest BCUT2D eigenvalue weighted by Crippen LogP contribution is -2.44. The first kappa shape index (κ1) is 15.6. The average molecular weight is 355 g/mol. The van der Waals surface area contributed by atoms with E-state index in [2.05, 4.69) is 26.0 Å². The van der Waals surface area contributed by atoms with Gasteiger partial charge in [-0.25, -0.2) is 8.42 Å². The predicted octanol–water partition coefficient (Wildman–Crippen LogP) is 1.70. The predicted molar refractivity (Wildman–Crippen MR) is 75.1 cm³/mol. The minimum atomic E-state index is -3.66. The van der Waals surface area contributed by atoms with Gasteiger partial charge in [0.25, 0.3) is 10.0 Å². The second kappa shape index (κ2) is 6.65. The summed E-state index contributed by atoms with van der Waals surface area (Å²) in [7, 11) is -3.66. The summed E-state index contributed by atoms with van der Waals surface area (Å²) in [4.78, 5) is 11.6. The third kappa shape index (κ3) is 4.04. The third-order valence-electron chi connectivity index (χ3n) is 2.10. The van der Waals surface area contributed by atoms with E-state index >= 15 is 0 Å². The Labute approximate surface area is 119 Å². The van der Waals surface area contributed by atoms with Gasteiger partial charge in [-0.15, -0.1) is 11.3 Å². The van der Waals surface area contributed by atoms with Gasteiger partial charge in [-0.1, -0.05) is 6.92 Å². The van der Waals surface area contributed by atoms with Crippen molar-refractivity contribution in [1.29, 1.82) is 0 Å². The first-order valence-corrected chi connectivity index (χ1v) is 8.57. The van der Waals surface area contributed by atoms with E-state index in [0.29, 0.717) is 11.0 Å². The first-order chi connectivity index (χ1) is 8.38. The maximum absolute atomic E-state index is 12.0. The van der Waals surface area contributed by atoms with E-state index in [-0.39, 0.29) is 10.1 Å². The highest BCUT2D eigenvalue weighted by molar-refractivity contribution is 9.10. The Morgan fingerprint density at radius 2 is 2.22 bits per heavy atom. The molecule has 1 heterocycles. The van der Waals surface area contributed by atoms with Crippen LogP contribution < -0.4 is 10.0 Å². The maximum atomic E-state index is 12.0. The molecule has 18 heavy (non-hydrogen) atoms. The summed E-state index contributed by atoms with van der Waals surface area (Å²) in [5, 5.41) is 4.31. The second-order valence-electron chi connectivity index (χ2n) is 3.69. The van der Waals surface area contributed by atoms with Gasteiger partial charge in [0.05, 0.1) is 6.04 Å². The normalized spacial score (nSPS) is 13.3. The van der Waals surface area contributed by atoms with Gasteiger partial charge < -0.3 is 5.32 Å². The standard InChI is InChI=1S/C10H15BrN2O3S2/c1-3-5-12-9(14)7(2)13-18(15,16)10-8(11)4-6-17-10/h4,6-7,13H,3,5H2,1-2H3,(H,12,14). The molecule has 102 valence electrons. The Kier molecular flexibility index (Phi) is 5.77.